The lowest BCUT2D eigenvalue weighted by Crippen LogP contribution is -2.47. The molecule has 6 nitrogen and oxygen atoms in total. The lowest BCUT2D eigenvalue weighted by Gasteiger charge is -2.21. The summed E-state index contributed by atoms with van der Waals surface area (Å²) >= 11 is 11.9. The van der Waals surface area contributed by atoms with Gasteiger partial charge in [0.25, 0.3) is 5.91 Å². The van der Waals surface area contributed by atoms with Gasteiger partial charge in [-0.25, -0.2) is 0 Å². The van der Waals surface area contributed by atoms with Gasteiger partial charge in [0.15, 0.2) is 5.82 Å². The molecular weight excluding hydrogens is 351 g/mol. The van der Waals surface area contributed by atoms with Gasteiger partial charge in [0.2, 0.25) is 5.91 Å². The molecule has 0 saturated heterocycles. The van der Waals surface area contributed by atoms with Gasteiger partial charge in [-0.1, -0.05) is 37.0 Å². The van der Waals surface area contributed by atoms with Gasteiger partial charge in [-0.3, -0.25) is 14.3 Å². The van der Waals surface area contributed by atoms with Crippen molar-refractivity contribution in [3.05, 3.63) is 46.1 Å². The van der Waals surface area contributed by atoms with E-state index in [1.165, 1.54) is 12.1 Å². The number of carbonyl (C=O) groups excluding carboxylic acids is 2. The van der Waals surface area contributed by atoms with Gasteiger partial charge < -0.3 is 10.6 Å². The van der Waals surface area contributed by atoms with Crippen molar-refractivity contribution in [2.45, 2.75) is 19.9 Å². The van der Waals surface area contributed by atoms with Crippen LogP contribution in [-0.4, -0.2) is 27.6 Å². The number of rotatable bonds is 5. The van der Waals surface area contributed by atoms with E-state index in [1.54, 1.807) is 30.1 Å². The van der Waals surface area contributed by atoms with Gasteiger partial charge in [-0.05, 0) is 24.1 Å². The molecule has 0 unspecified atom stereocenters. The molecule has 0 fully saturated rings. The van der Waals surface area contributed by atoms with Crippen LogP contribution in [0.2, 0.25) is 10.0 Å². The fourth-order valence-electron chi connectivity index (χ4n) is 2.11. The average Bonchev–Trinajstić information content (AvgIpc) is 2.89. The van der Waals surface area contributed by atoms with E-state index in [4.69, 9.17) is 23.2 Å². The predicted octanol–water partition coefficient (Wildman–Crippen LogP) is 3.12. The molecule has 0 aliphatic heterocycles. The van der Waals surface area contributed by atoms with E-state index in [0.717, 1.165) is 0 Å². The normalized spacial score (nSPS) is 12.1. The second-order valence-electron chi connectivity index (χ2n) is 5.68. The van der Waals surface area contributed by atoms with Crippen LogP contribution in [0.15, 0.2) is 30.5 Å². The Morgan fingerprint density at radius 3 is 2.46 bits per heavy atom. The Morgan fingerprint density at radius 2 is 1.92 bits per heavy atom. The van der Waals surface area contributed by atoms with Crippen molar-refractivity contribution in [2.24, 2.45) is 13.0 Å². The molecule has 1 aromatic heterocycles. The van der Waals surface area contributed by atoms with E-state index in [-0.39, 0.29) is 22.4 Å². The molecule has 8 heteroatoms. The van der Waals surface area contributed by atoms with E-state index in [2.05, 4.69) is 15.7 Å². The first-order chi connectivity index (χ1) is 11.3. The standard InChI is InChI=1S/C16H18Cl2N4O2/c1-9(2)14(16(24)19-13-6-7-22(3)21-13)20-15(23)11-5-4-10(17)8-12(11)18/h4-9,14H,1-3H3,(H,20,23)(H,19,21,24)/t14-/m0/s1. The van der Waals surface area contributed by atoms with Crippen LogP contribution in [0.1, 0.15) is 24.2 Å². The summed E-state index contributed by atoms with van der Waals surface area (Å²) in [4.78, 5) is 24.9. The SMILES string of the molecule is CC(C)[C@H](NC(=O)c1ccc(Cl)cc1Cl)C(=O)Nc1ccn(C)n1. The van der Waals surface area contributed by atoms with Crippen LogP contribution in [0.5, 0.6) is 0 Å². The third kappa shape index (κ3) is 4.49. The fourth-order valence-corrected chi connectivity index (χ4v) is 2.61. The number of aromatic nitrogens is 2. The summed E-state index contributed by atoms with van der Waals surface area (Å²) in [7, 11) is 1.75. The maximum atomic E-state index is 12.4. The lowest BCUT2D eigenvalue weighted by molar-refractivity contribution is -0.118. The zero-order valence-corrected chi connectivity index (χ0v) is 15.0. The molecule has 2 N–H and O–H groups in total. The Hall–Kier alpha value is -2.05. The van der Waals surface area contributed by atoms with Gasteiger partial charge in [-0.2, -0.15) is 5.10 Å². The van der Waals surface area contributed by atoms with E-state index in [0.29, 0.717) is 10.8 Å². The number of hydrogen-bond acceptors (Lipinski definition) is 3. The highest BCUT2D eigenvalue weighted by molar-refractivity contribution is 6.36. The summed E-state index contributed by atoms with van der Waals surface area (Å²) < 4.78 is 1.58. The summed E-state index contributed by atoms with van der Waals surface area (Å²) in [6.45, 7) is 3.68. The van der Waals surface area contributed by atoms with Gasteiger partial charge in [-0.15, -0.1) is 0 Å². The molecule has 0 radical (unpaired) electrons. The quantitative estimate of drug-likeness (QED) is 0.850. The van der Waals surface area contributed by atoms with E-state index >= 15 is 0 Å². The van der Waals surface area contributed by atoms with E-state index in [1.807, 2.05) is 13.8 Å². The number of benzene rings is 1. The molecule has 0 saturated carbocycles. The Kier molecular flexibility index (Phi) is 5.85. The van der Waals surface area contributed by atoms with Crippen molar-refractivity contribution < 1.29 is 9.59 Å². The highest BCUT2D eigenvalue weighted by atomic mass is 35.5. The van der Waals surface area contributed by atoms with Crippen LogP contribution in [0.25, 0.3) is 0 Å². The molecule has 24 heavy (non-hydrogen) atoms. The zero-order valence-electron chi connectivity index (χ0n) is 13.5. The third-order valence-electron chi connectivity index (χ3n) is 3.38. The summed E-state index contributed by atoms with van der Waals surface area (Å²) in [6, 6.07) is 5.52. The van der Waals surface area contributed by atoms with Crippen molar-refractivity contribution in [1.82, 2.24) is 15.1 Å². The first-order valence-corrected chi connectivity index (χ1v) is 8.10. The smallest absolute Gasteiger partial charge is 0.253 e. The number of anilines is 1. The number of amides is 2. The Bertz CT molecular complexity index is 758. The Morgan fingerprint density at radius 1 is 1.21 bits per heavy atom. The van der Waals surface area contributed by atoms with Crippen LogP contribution < -0.4 is 10.6 Å². The molecule has 1 aromatic carbocycles. The second kappa shape index (κ2) is 7.68. The Labute approximate surface area is 150 Å². The summed E-state index contributed by atoms with van der Waals surface area (Å²) in [6.07, 6.45) is 1.71. The molecule has 2 rings (SSSR count). The van der Waals surface area contributed by atoms with E-state index < -0.39 is 11.9 Å². The van der Waals surface area contributed by atoms with Crippen LogP contribution >= 0.6 is 23.2 Å². The van der Waals surface area contributed by atoms with Gasteiger partial charge in [0.1, 0.15) is 6.04 Å². The number of nitrogens with one attached hydrogen (secondary N) is 2. The Balaban J connectivity index is 2.12. The molecule has 0 aliphatic carbocycles. The largest absolute Gasteiger partial charge is 0.340 e. The van der Waals surface area contributed by atoms with Crippen molar-refractivity contribution >= 4 is 40.8 Å². The minimum Gasteiger partial charge on any atom is -0.340 e. The maximum absolute atomic E-state index is 12.4. The average molecular weight is 369 g/mol. The number of halogens is 2. The zero-order chi connectivity index (χ0) is 17.9. The summed E-state index contributed by atoms with van der Waals surface area (Å²) in [5, 5.41) is 10.1. The molecule has 0 aliphatic rings. The first-order valence-electron chi connectivity index (χ1n) is 7.34. The molecule has 0 bridgehead atoms. The minimum absolute atomic E-state index is 0.122. The number of nitrogens with zero attached hydrogens (tertiary/aromatic N) is 2. The van der Waals surface area contributed by atoms with Crippen LogP contribution in [0.4, 0.5) is 5.82 Å². The fraction of sp³-hybridized carbons (Fsp3) is 0.312. The van der Waals surface area contributed by atoms with Crippen LogP contribution in [0.3, 0.4) is 0 Å². The lowest BCUT2D eigenvalue weighted by atomic mass is 10.0. The monoisotopic (exact) mass is 368 g/mol. The number of aryl methyl sites for hydroxylation is 1. The number of hydrogen-bond donors (Lipinski definition) is 2. The van der Waals surface area contributed by atoms with Crippen molar-refractivity contribution in [3.63, 3.8) is 0 Å². The highest BCUT2D eigenvalue weighted by Gasteiger charge is 2.26. The summed E-state index contributed by atoms with van der Waals surface area (Å²) in [5.41, 5.74) is 0.261. The molecule has 2 aromatic rings. The molecule has 1 heterocycles. The number of carbonyl (C=O) groups is 2. The maximum Gasteiger partial charge on any atom is 0.253 e. The molecule has 128 valence electrons. The van der Waals surface area contributed by atoms with Crippen molar-refractivity contribution in [2.75, 3.05) is 5.32 Å². The predicted molar refractivity (Wildman–Crippen MR) is 94.4 cm³/mol. The highest BCUT2D eigenvalue weighted by Crippen LogP contribution is 2.21. The van der Waals surface area contributed by atoms with Crippen molar-refractivity contribution in [1.29, 1.82) is 0 Å². The van der Waals surface area contributed by atoms with Gasteiger partial charge in [0.05, 0.1) is 10.6 Å². The minimum atomic E-state index is -0.730. The topological polar surface area (TPSA) is 76.0 Å². The molecule has 1 atom stereocenters. The molecule has 2 amide bonds. The molecular formula is C16H18Cl2N4O2. The van der Waals surface area contributed by atoms with Gasteiger partial charge >= 0.3 is 0 Å². The second-order valence-corrected chi connectivity index (χ2v) is 6.53. The van der Waals surface area contributed by atoms with E-state index in [9.17, 15) is 9.59 Å². The summed E-state index contributed by atoms with van der Waals surface area (Å²) in [5.74, 6) is -0.482. The van der Waals surface area contributed by atoms with Crippen LogP contribution in [0, 0.1) is 5.92 Å². The first kappa shape index (κ1) is 18.3. The van der Waals surface area contributed by atoms with Crippen LogP contribution in [-0.2, 0) is 11.8 Å². The van der Waals surface area contributed by atoms with Crippen molar-refractivity contribution in [3.8, 4) is 0 Å². The molecule has 0 spiro atoms. The third-order valence-corrected chi connectivity index (χ3v) is 3.92. The van der Waals surface area contributed by atoms with Gasteiger partial charge in [0, 0.05) is 24.3 Å².